The summed E-state index contributed by atoms with van der Waals surface area (Å²) in [6.07, 6.45) is 9.07. The molecule has 0 spiro atoms. The smallest absolute Gasteiger partial charge is 0.0806 e. The summed E-state index contributed by atoms with van der Waals surface area (Å²) in [6, 6.07) is 0. The molecular weight excluding hydrogens is 258 g/mol. The van der Waals surface area contributed by atoms with Gasteiger partial charge in [-0.15, -0.1) is 0 Å². The van der Waals surface area contributed by atoms with Crippen LogP contribution in [0.2, 0.25) is 0 Å². The molecule has 1 aliphatic carbocycles. The first kappa shape index (κ1) is 19.0. The molecule has 0 radical (unpaired) electrons. The maximum absolute atomic E-state index is 6.44. The standard InChI is InChI=1S/C19H39NO/c1-7-8-17-9-12-19(13-10-17,15-20-18(4,5)6)21-14-11-16(2)3/h16-17,20H,7-15H2,1-6H3. The van der Waals surface area contributed by atoms with Gasteiger partial charge in [0, 0.05) is 18.7 Å². The lowest BCUT2D eigenvalue weighted by molar-refractivity contribution is -0.0825. The maximum atomic E-state index is 6.44. The number of hydrogen-bond acceptors (Lipinski definition) is 2. The Hall–Kier alpha value is -0.0800. The molecule has 21 heavy (non-hydrogen) atoms. The van der Waals surface area contributed by atoms with Gasteiger partial charge < -0.3 is 10.1 Å². The Labute approximate surface area is 133 Å². The molecule has 0 aromatic heterocycles. The van der Waals surface area contributed by atoms with E-state index in [9.17, 15) is 0 Å². The third-order valence-electron chi connectivity index (χ3n) is 4.76. The van der Waals surface area contributed by atoms with Gasteiger partial charge in [0.05, 0.1) is 5.60 Å². The highest BCUT2D eigenvalue weighted by atomic mass is 16.5. The molecule has 0 amide bonds. The molecule has 0 aromatic rings. The SMILES string of the molecule is CCCC1CCC(CNC(C)(C)C)(OCCC(C)C)CC1. The largest absolute Gasteiger partial charge is 0.374 e. The van der Waals surface area contributed by atoms with Crippen LogP contribution in [0, 0.1) is 11.8 Å². The van der Waals surface area contributed by atoms with E-state index in [0.717, 1.165) is 25.0 Å². The lowest BCUT2D eigenvalue weighted by Gasteiger charge is -2.42. The third kappa shape index (κ3) is 7.65. The van der Waals surface area contributed by atoms with Gasteiger partial charge in [0.1, 0.15) is 0 Å². The highest BCUT2D eigenvalue weighted by Crippen LogP contribution is 2.37. The van der Waals surface area contributed by atoms with E-state index in [0.29, 0.717) is 0 Å². The third-order valence-corrected chi connectivity index (χ3v) is 4.76. The molecule has 1 fully saturated rings. The first-order valence-corrected chi connectivity index (χ1v) is 9.15. The molecule has 1 rings (SSSR count). The van der Waals surface area contributed by atoms with E-state index < -0.39 is 0 Å². The number of ether oxygens (including phenoxy) is 1. The zero-order valence-corrected chi connectivity index (χ0v) is 15.4. The van der Waals surface area contributed by atoms with Crippen LogP contribution < -0.4 is 5.32 Å². The van der Waals surface area contributed by atoms with Crippen LogP contribution in [0.3, 0.4) is 0 Å². The molecule has 0 unspecified atom stereocenters. The molecular formula is C19H39NO. The van der Waals surface area contributed by atoms with Crippen molar-refractivity contribution in [2.45, 2.75) is 97.6 Å². The molecule has 2 heteroatoms. The van der Waals surface area contributed by atoms with E-state index in [1.54, 1.807) is 0 Å². The molecule has 0 saturated heterocycles. The fourth-order valence-electron chi connectivity index (χ4n) is 3.21. The predicted molar refractivity (Wildman–Crippen MR) is 92.8 cm³/mol. The fourth-order valence-corrected chi connectivity index (χ4v) is 3.21. The van der Waals surface area contributed by atoms with Gasteiger partial charge in [0.15, 0.2) is 0 Å². The minimum atomic E-state index is 0.0897. The van der Waals surface area contributed by atoms with Crippen LogP contribution in [0.4, 0.5) is 0 Å². The van der Waals surface area contributed by atoms with Crippen molar-refractivity contribution in [2.24, 2.45) is 11.8 Å². The van der Waals surface area contributed by atoms with Gasteiger partial charge in [0.2, 0.25) is 0 Å². The van der Waals surface area contributed by atoms with Crippen molar-refractivity contribution in [3.63, 3.8) is 0 Å². The van der Waals surface area contributed by atoms with Crippen LogP contribution >= 0.6 is 0 Å². The van der Waals surface area contributed by atoms with Gasteiger partial charge >= 0.3 is 0 Å². The van der Waals surface area contributed by atoms with Gasteiger partial charge in [-0.25, -0.2) is 0 Å². The van der Waals surface area contributed by atoms with Crippen LogP contribution in [0.1, 0.15) is 86.5 Å². The first-order chi connectivity index (χ1) is 9.76. The highest BCUT2D eigenvalue weighted by Gasteiger charge is 2.36. The Balaban J connectivity index is 2.54. The monoisotopic (exact) mass is 297 g/mol. The molecule has 2 nitrogen and oxygen atoms in total. The van der Waals surface area contributed by atoms with Crippen LogP contribution in [-0.2, 0) is 4.74 Å². The average Bonchev–Trinajstić information content (AvgIpc) is 2.38. The average molecular weight is 298 g/mol. The lowest BCUT2D eigenvalue weighted by Crippen LogP contribution is -2.51. The minimum Gasteiger partial charge on any atom is -0.374 e. The second-order valence-electron chi connectivity index (χ2n) is 8.55. The summed E-state index contributed by atoms with van der Waals surface area (Å²) in [4.78, 5) is 0. The van der Waals surface area contributed by atoms with Gasteiger partial charge in [-0.05, 0) is 64.7 Å². The van der Waals surface area contributed by atoms with Crippen molar-refractivity contribution in [2.75, 3.05) is 13.2 Å². The van der Waals surface area contributed by atoms with Gasteiger partial charge in [-0.2, -0.15) is 0 Å². The summed E-state index contributed by atoms with van der Waals surface area (Å²) in [5.74, 6) is 1.67. The second kappa shape index (κ2) is 8.53. The van der Waals surface area contributed by atoms with Crippen molar-refractivity contribution >= 4 is 0 Å². The number of rotatable bonds is 8. The normalized spacial score (nSPS) is 27.3. The lowest BCUT2D eigenvalue weighted by atomic mass is 9.76. The van der Waals surface area contributed by atoms with Gasteiger partial charge in [0.25, 0.3) is 0 Å². The predicted octanol–water partition coefficient (Wildman–Crippen LogP) is 5.17. The van der Waals surface area contributed by atoms with Crippen LogP contribution in [0.25, 0.3) is 0 Å². The molecule has 126 valence electrons. The summed E-state index contributed by atoms with van der Waals surface area (Å²) < 4.78 is 6.44. The fraction of sp³-hybridized carbons (Fsp3) is 1.00. The highest BCUT2D eigenvalue weighted by molar-refractivity contribution is 4.91. The number of nitrogens with one attached hydrogen (secondary N) is 1. The quantitative estimate of drug-likeness (QED) is 0.667. The Morgan fingerprint density at radius 2 is 1.81 bits per heavy atom. The van der Waals surface area contributed by atoms with Crippen molar-refractivity contribution < 1.29 is 4.74 Å². The molecule has 1 aliphatic rings. The van der Waals surface area contributed by atoms with E-state index in [1.165, 1.54) is 44.9 Å². The molecule has 0 bridgehead atoms. The van der Waals surface area contributed by atoms with Crippen molar-refractivity contribution in [3.8, 4) is 0 Å². The van der Waals surface area contributed by atoms with Crippen molar-refractivity contribution in [1.29, 1.82) is 0 Å². The topological polar surface area (TPSA) is 21.3 Å². The van der Waals surface area contributed by atoms with Gasteiger partial charge in [-0.3, -0.25) is 0 Å². The Morgan fingerprint density at radius 1 is 1.19 bits per heavy atom. The molecule has 0 aromatic carbocycles. The summed E-state index contributed by atoms with van der Waals surface area (Å²) in [7, 11) is 0. The summed E-state index contributed by atoms with van der Waals surface area (Å²) in [5.41, 5.74) is 0.265. The van der Waals surface area contributed by atoms with Crippen LogP contribution in [0.15, 0.2) is 0 Å². The summed E-state index contributed by atoms with van der Waals surface area (Å²) >= 11 is 0. The van der Waals surface area contributed by atoms with Crippen molar-refractivity contribution in [3.05, 3.63) is 0 Å². The summed E-state index contributed by atoms with van der Waals surface area (Å²) in [6.45, 7) is 15.5. The van der Waals surface area contributed by atoms with E-state index >= 15 is 0 Å². The van der Waals surface area contributed by atoms with E-state index in [4.69, 9.17) is 4.74 Å². The molecule has 0 heterocycles. The van der Waals surface area contributed by atoms with E-state index in [-0.39, 0.29) is 11.1 Å². The van der Waals surface area contributed by atoms with E-state index in [2.05, 4.69) is 46.9 Å². The second-order valence-corrected chi connectivity index (χ2v) is 8.55. The Kier molecular flexibility index (Phi) is 7.70. The Bertz CT molecular complexity index is 272. The first-order valence-electron chi connectivity index (χ1n) is 9.15. The van der Waals surface area contributed by atoms with Gasteiger partial charge in [-0.1, -0.05) is 33.6 Å². The molecule has 0 aliphatic heterocycles. The zero-order valence-electron chi connectivity index (χ0n) is 15.4. The minimum absolute atomic E-state index is 0.0897. The Morgan fingerprint density at radius 3 is 2.29 bits per heavy atom. The van der Waals surface area contributed by atoms with Crippen LogP contribution in [0.5, 0.6) is 0 Å². The van der Waals surface area contributed by atoms with Crippen molar-refractivity contribution in [1.82, 2.24) is 5.32 Å². The van der Waals surface area contributed by atoms with E-state index in [1.807, 2.05) is 0 Å². The molecule has 1 saturated carbocycles. The molecule has 1 N–H and O–H groups in total. The summed E-state index contributed by atoms with van der Waals surface area (Å²) in [5, 5.41) is 3.69. The zero-order chi connectivity index (χ0) is 15.9. The van der Waals surface area contributed by atoms with Crippen LogP contribution in [-0.4, -0.2) is 24.3 Å². The number of hydrogen-bond donors (Lipinski definition) is 1. The molecule has 0 atom stereocenters. The maximum Gasteiger partial charge on any atom is 0.0806 e.